The first-order valence-corrected chi connectivity index (χ1v) is 6.74. The van der Waals surface area contributed by atoms with Crippen LogP contribution in [0.25, 0.3) is 0 Å². The zero-order valence-electron chi connectivity index (χ0n) is 8.12. The van der Waals surface area contributed by atoms with E-state index in [2.05, 4.69) is 31.9 Å². The monoisotopic (exact) mass is 331 g/mol. The van der Waals surface area contributed by atoms with Gasteiger partial charge in [-0.2, -0.15) is 0 Å². The predicted molar refractivity (Wildman–Crippen MR) is 68.4 cm³/mol. The van der Waals surface area contributed by atoms with E-state index in [0.717, 1.165) is 22.0 Å². The van der Waals surface area contributed by atoms with Gasteiger partial charge in [0.2, 0.25) is 5.91 Å². The fourth-order valence-electron chi connectivity index (χ4n) is 1.76. The third kappa shape index (κ3) is 2.42. The zero-order valence-corrected chi connectivity index (χ0v) is 11.3. The normalized spacial score (nSPS) is 21.1. The summed E-state index contributed by atoms with van der Waals surface area (Å²) >= 11 is 6.81. The molecule has 1 aliphatic rings. The number of nitrogens with zero attached hydrogens (tertiary/aromatic N) is 1. The van der Waals surface area contributed by atoms with Crippen LogP contribution in [0, 0.1) is 5.92 Å². The molecule has 1 heterocycles. The fourth-order valence-corrected chi connectivity index (χ4v) is 2.45. The Morgan fingerprint density at radius 2 is 2.00 bits per heavy atom. The van der Waals surface area contributed by atoms with Gasteiger partial charge in [-0.15, -0.1) is 0 Å². The largest absolute Gasteiger partial charge is 0.312 e. The molecule has 2 rings (SSSR count). The van der Waals surface area contributed by atoms with E-state index in [1.165, 1.54) is 0 Å². The first-order valence-electron chi connectivity index (χ1n) is 4.82. The standard InChI is InChI=1S/C11H11Br2NO/c12-6-8-5-11(15)14(7-8)10-3-1-9(13)2-4-10/h1-4,8H,5-7H2. The Balaban J connectivity index is 2.18. The van der Waals surface area contributed by atoms with Crippen molar-refractivity contribution in [3.05, 3.63) is 28.7 Å². The van der Waals surface area contributed by atoms with Crippen molar-refractivity contribution in [2.75, 3.05) is 16.8 Å². The summed E-state index contributed by atoms with van der Waals surface area (Å²) in [4.78, 5) is 13.6. The van der Waals surface area contributed by atoms with Crippen molar-refractivity contribution >= 4 is 43.5 Å². The van der Waals surface area contributed by atoms with Crippen molar-refractivity contribution in [2.45, 2.75) is 6.42 Å². The number of carbonyl (C=O) groups excluding carboxylic acids is 1. The first kappa shape index (κ1) is 11.1. The molecule has 1 aromatic carbocycles. The average Bonchev–Trinajstić information content (AvgIpc) is 2.61. The van der Waals surface area contributed by atoms with E-state index in [4.69, 9.17) is 0 Å². The highest BCUT2D eigenvalue weighted by molar-refractivity contribution is 9.10. The van der Waals surface area contributed by atoms with E-state index in [9.17, 15) is 4.79 Å². The number of anilines is 1. The second kappa shape index (κ2) is 4.66. The minimum absolute atomic E-state index is 0.224. The van der Waals surface area contributed by atoms with Crippen LogP contribution in [0.3, 0.4) is 0 Å². The highest BCUT2D eigenvalue weighted by atomic mass is 79.9. The second-order valence-corrected chi connectivity index (χ2v) is 5.27. The number of rotatable bonds is 2. The summed E-state index contributed by atoms with van der Waals surface area (Å²) in [6.07, 6.45) is 0.654. The second-order valence-electron chi connectivity index (χ2n) is 3.71. The minimum atomic E-state index is 0.224. The van der Waals surface area contributed by atoms with E-state index in [0.29, 0.717) is 12.3 Å². The highest BCUT2D eigenvalue weighted by Crippen LogP contribution is 2.26. The van der Waals surface area contributed by atoms with Gasteiger partial charge in [0.05, 0.1) is 0 Å². The molecular weight excluding hydrogens is 322 g/mol. The molecule has 1 aromatic rings. The van der Waals surface area contributed by atoms with E-state index < -0.39 is 0 Å². The summed E-state index contributed by atoms with van der Waals surface area (Å²) < 4.78 is 1.04. The summed E-state index contributed by atoms with van der Waals surface area (Å²) in [6, 6.07) is 7.87. The van der Waals surface area contributed by atoms with Crippen LogP contribution in [-0.2, 0) is 4.79 Å². The van der Waals surface area contributed by atoms with Gasteiger partial charge in [-0.1, -0.05) is 31.9 Å². The van der Waals surface area contributed by atoms with Crippen molar-refractivity contribution in [3.8, 4) is 0 Å². The van der Waals surface area contributed by atoms with Gasteiger partial charge in [0.1, 0.15) is 0 Å². The molecule has 1 saturated heterocycles. The molecule has 4 heteroatoms. The lowest BCUT2D eigenvalue weighted by Gasteiger charge is -2.16. The van der Waals surface area contributed by atoms with Gasteiger partial charge in [-0.25, -0.2) is 0 Å². The van der Waals surface area contributed by atoms with Crippen molar-refractivity contribution in [3.63, 3.8) is 0 Å². The van der Waals surface area contributed by atoms with Gasteiger partial charge < -0.3 is 4.90 Å². The van der Waals surface area contributed by atoms with Crippen molar-refractivity contribution in [2.24, 2.45) is 5.92 Å². The molecule has 0 aromatic heterocycles. The first-order chi connectivity index (χ1) is 7.20. The fraction of sp³-hybridized carbons (Fsp3) is 0.364. The maximum Gasteiger partial charge on any atom is 0.227 e. The third-order valence-corrected chi connectivity index (χ3v) is 4.01. The molecule has 0 bridgehead atoms. The number of carbonyl (C=O) groups is 1. The van der Waals surface area contributed by atoms with Crippen molar-refractivity contribution < 1.29 is 4.79 Å². The summed E-state index contributed by atoms with van der Waals surface area (Å²) in [6.45, 7) is 0.825. The Hall–Kier alpha value is -0.350. The average molecular weight is 333 g/mol. The quantitative estimate of drug-likeness (QED) is 0.762. The Labute approximate surface area is 106 Å². The molecule has 80 valence electrons. The van der Waals surface area contributed by atoms with Gasteiger partial charge in [0, 0.05) is 28.5 Å². The van der Waals surface area contributed by atoms with Gasteiger partial charge in [-0.05, 0) is 30.2 Å². The number of halogens is 2. The van der Waals surface area contributed by atoms with E-state index in [1.807, 2.05) is 29.2 Å². The Kier molecular flexibility index (Phi) is 3.46. The minimum Gasteiger partial charge on any atom is -0.312 e. The smallest absolute Gasteiger partial charge is 0.227 e. The van der Waals surface area contributed by atoms with Gasteiger partial charge in [0.15, 0.2) is 0 Å². The Morgan fingerprint density at radius 1 is 1.33 bits per heavy atom. The number of hydrogen-bond acceptors (Lipinski definition) is 1. The Bertz CT molecular complexity index is 363. The molecule has 2 nitrogen and oxygen atoms in total. The van der Waals surface area contributed by atoms with Gasteiger partial charge >= 0.3 is 0 Å². The molecule has 1 amide bonds. The molecule has 0 saturated carbocycles. The van der Waals surface area contributed by atoms with Crippen LogP contribution in [0.15, 0.2) is 28.7 Å². The molecule has 0 spiro atoms. The molecule has 1 fully saturated rings. The summed E-state index contributed by atoms with van der Waals surface area (Å²) in [7, 11) is 0. The van der Waals surface area contributed by atoms with E-state index >= 15 is 0 Å². The lowest BCUT2D eigenvalue weighted by Crippen LogP contribution is -2.24. The maximum absolute atomic E-state index is 11.7. The SMILES string of the molecule is O=C1CC(CBr)CN1c1ccc(Br)cc1. The van der Waals surface area contributed by atoms with Crippen LogP contribution in [0.2, 0.25) is 0 Å². The molecule has 0 aliphatic carbocycles. The number of amides is 1. The van der Waals surface area contributed by atoms with Crippen LogP contribution in [0.5, 0.6) is 0 Å². The zero-order chi connectivity index (χ0) is 10.8. The molecule has 15 heavy (non-hydrogen) atoms. The van der Waals surface area contributed by atoms with Gasteiger partial charge in [0.25, 0.3) is 0 Å². The van der Waals surface area contributed by atoms with Crippen LogP contribution in [-0.4, -0.2) is 17.8 Å². The molecule has 1 aliphatic heterocycles. The van der Waals surface area contributed by atoms with Crippen LogP contribution >= 0.6 is 31.9 Å². The van der Waals surface area contributed by atoms with Crippen molar-refractivity contribution in [1.82, 2.24) is 0 Å². The lowest BCUT2D eigenvalue weighted by atomic mass is 10.2. The number of benzene rings is 1. The van der Waals surface area contributed by atoms with E-state index in [1.54, 1.807) is 0 Å². The number of alkyl halides is 1. The van der Waals surface area contributed by atoms with Crippen molar-refractivity contribution in [1.29, 1.82) is 0 Å². The summed E-state index contributed by atoms with van der Waals surface area (Å²) in [5.41, 5.74) is 0.992. The third-order valence-electron chi connectivity index (χ3n) is 2.56. The highest BCUT2D eigenvalue weighted by Gasteiger charge is 2.29. The maximum atomic E-state index is 11.7. The van der Waals surface area contributed by atoms with E-state index in [-0.39, 0.29) is 5.91 Å². The number of hydrogen-bond donors (Lipinski definition) is 0. The molecule has 0 N–H and O–H groups in total. The summed E-state index contributed by atoms with van der Waals surface area (Å²) in [5, 5.41) is 0.895. The molecule has 1 atom stereocenters. The molecule has 0 radical (unpaired) electrons. The van der Waals surface area contributed by atoms with Crippen LogP contribution < -0.4 is 4.90 Å². The summed E-state index contributed by atoms with van der Waals surface area (Å²) in [5.74, 6) is 0.669. The van der Waals surface area contributed by atoms with Crippen LogP contribution in [0.1, 0.15) is 6.42 Å². The molecular formula is C11H11Br2NO. The lowest BCUT2D eigenvalue weighted by molar-refractivity contribution is -0.117. The predicted octanol–water partition coefficient (Wildman–Crippen LogP) is 3.20. The topological polar surface area (TPSA) is 20.3 Å². The van der Waals surface area contributed by atoms with Crippen LogP contribution in [0.4, 0.5) is 5.69 Å². The molecule has 1 unspecified atom stereocenters. The Morgan fingerprint density at radius 3 is 2.53 bits per heavy atom. The van der Waals surface area contributed by atoms with Gasteiger partial charge in [-0.3, -0.25) is 4.79 Å².